The lowest BCUT2D eigenvalue weighted by atomic mass is 9.89. The Hall–Kier alpha value is -2.04. The van der Waals surface area contributed by atoms with Crippen LogP contribution in [-0.4, -0.2) is 34.2 Å². The van der Waals surface area contributed by atoms with E-state index in [-0.39, 0.29) is 12.6 Å². The highest BCUT2D eigenvalue weighted by atomic mass is 16.6. The van der Waals surface area contributed by atoms with Crippen LogP contribution in [0.2, 0.25) is 0 Å². The molecule has 0 bridgehead atoms. The normalized spacial score (nSPS) is 22.2. The highest BCUT2D eigenvalue weighted by Gasteiger charge is 2.37. The first-order valence-corrected chi connectivity index (χ1v) is 7.55. The fourth-order valence-corrected chi connectivity index (χ4v) is 2.72. The Morgan fingerprint density at radius 2 is 1.82 bits per heavy atom. The minimum atomic E-state index is -0.861. The number of carboxylic acid groups (broad SMARTS) is 1. The van der Waals surface area contributed by atoms with Gasteiger partial charge in [-0.25, -0.2) is 4.79 Å². The van der Waals surface area contributed by atoms with Gasteiger partial charge in [-0.05, 0) is 39.2 Å². The van der Waals surface area contributed by atoms with Crippen LogP contribution in [0.4, 0.5) is 4.79 Å². The summed E-state index contributed by atoms with van der Waals surface area (Å²) >= 11 is 0. The number of benzene rings is 1. The van der Waals surface area contributed by atoms with Crippen molar-refractivity contribution >= 4 is 12.1 Å². The average molecular weight is 305 g/mol. The summed E-state index contributed by atoms with van der Waals surface area (Å²) in [5.41, 5.74) is 0.409. The molecule has 1 aromatic carbocycles. The molecule has 1 aliphatic rings. The predicted molar refractivity (Wildman–Crippen MR) is 82.5 cm³/mol. The molecule has 1 N–H and O–H groups in total. The van der Waals surface area contributed by atoms with Gasteiger partial charge in [0.1, 0.15) is 5.60 Å². The van der Waals surface area contributed by atoms with E-state index in [0.717, 1.165) is 5.56 Å². The molecule has 1 heterocycles. The van der Waals surface area contributed by atoms with Crippen LogP contribution < -0.4 is 0 Å². The van der Waals surface area contributed by atoms with E-state index in [1.54, 1.807) is 25.7 Å². The molecule has 0 aromatic heterocycles. The minimum absolute atomic E-state index is 0.133. The van der Waals surface area contributed by atoms with E-state index in [4.69, 9.17) is 4.74 Å². The Kier molecular flexibility index (Phi) is 4.74. The standard InChI is InChI=1S/C17H23NO4/c1-17(2,3)22-16(21)18-11-13(15(19)20)9-10-14(18)12-7-5-4-6-8-12/h4-8,13-14H,9-11H2,1-3H3,(H,19,20)/t13-,14-/m0/s1. The Morgan fingerprint density at radius 3 is 2.36 bits per heavy atom. The van der Waals surface area contributed by atoms with Gasteiger partial charge in [-0.1, -0.05) is 30.3 Å². The minimum Gasteiger partial charge on any atom is -0.481 e. The predicted octanol–water partition coefficient (Wildman–Crippen LogP) is 3.46. The molecule has 0 aliphatic carbocycles. The topological polar surface area (TPSA) is 66.8 Å². The van der Waals surface area contributed by atoms with Crippen molar-refractivity contribution in [2.24, 2.45) is 5.92 Å². The molecule has 5 heteroatoms. The van der Waals surface area contributed by atoms with Crippen LogP contribution >= 0.6 is 0 Å². The molecule has 0 spiro atoms. The summed E-state index contributed by atoms with van der Waals surface area (Å²) < 4.78 is 5.45. The number of likely N-dealkylation sites (tertiary alicyclic amines) is 1. The van der Waals surface area contributed by atoms with Gasteiger partial charge in [0.2, 0.25) is 0 Å². The van der Waals surface area contributed by atoms with E-state index >= 15 is 0 Å². The average Bonchev–Trinajstić information content (AvgIpc) is 2.45. The molecule has 22 heavy (non-hydrogen) atoms. The molecular weight excluding hydrogens is 282 g/mol. The molecule has 1 fully saturated rings. The second-order valence-electron chi connectivity index (χ2n) is 6.67. The third-order valence-corrected chi connectivity index (χ3v) is 3.74. The van der Waals surface area contributed by atoms with E-state index in [1.807, 2.05) is 30.3 Å². The SMILES string of the molecule is CC(C)(C)OC(=O)N1C[C@@H](C(=O)O)CC[C@H]1c1ccccc1. The third kappa shape index (κ3) is 4.00. The summed E-state index contributed by atoms with van der Waals surface area (Å²) in [4.78, 5) is 25.3. The van der Waals surface area contributed by atoms with Gasteiger partial charge < -0.3 is 14.7 Å². The van der Waals surface area contributed by atoms with Crippen molar-refractivity contribution in [2.75, 3.05) is 6.54 Å². The van der Waals surface area contributed by atoms with Crippen molar-refractivity contribution < 1.29 is 19.4 Å². The number of ether oxygens (including phenoxy) is 1. The maximum absolute atomic E-state index is 12.5. The molecule has 1 amide bonds. The quantitative estimate of drug-likeness (QED) is 0.908. The monoisotopic (exact) mass is 305 g/mol. The van der Waals surface area contributed by atoms with E-state index in [0.29, 0.717) is 12.8 Å². The summed E-state index contributed by atoms with van der Waals surface area (Å²) in [6, 6.07) is 9.56. The Bertz CT molecular complexity index is 535. The van der Waals surface area contributed by atoms with Crippen LogP contribution in [0.3, 0.4) is 0 Å². The smallest absolute Gasteiger partial charge is 0.410 e. The number of carbonyl (C=O) groups is 2. The highest BCUT2D eigenvalue weighted by molar-refractivity contribution is 5.73. The summed E-state index contributed by atoms with van der Waals surface area (Å²) in [5, 5.41) is 9.25. The molecular formula is C17H23NO4. The second-order valence-corrected chi connectivity index (χ2v) is 6.67. The van der Waals surface area contributed by atoms with E-state index in [9.17, 15) is 14.7 Å². The lowest BCUT2D eigenvalue weighted by Gasteiger charge is -2.39. The maximum atomic E-state index is 12.5. The number of carboxylic acids is 1. The van der Waals surface area contributed by atoms with Gasteiger partial charge >= 0.3 is 12.1 Å². The number of hydrogen-bond donors (Lipinski definition) is 1. The van der Waals surface area contributed by atoms with Crippen molar-refractivity contribution in [1.29, 1.82) is 0 Å². The number of amides is 1. The molecule has 2 rings (SSSR count). The zero-order chi connectivity index (χ0) is 16.3. The van der Waals surface area contributed by atoms with Crippen molar-refractivity contribution in [3.05, 3.63) is 35.9 Å². The van der Waals surface area contributed by atoms with Crippen LogP contribution in [0.25, 0.3) is 0 Å². The molecule has 1 aromatic rings. The van der Waals surface area contributed by atoms with Crippen molar-refractivity contribution in [2.45, 2.75) is 45.3 Å². The maximum Gasteiger partial charge on any atom is 0.410 e. The first-order chi connectivity index (χ1) is 10.3. The number of hydrogen-bond acceptors (Lipinski definition) is 3. The summed E-state index contributed by atoms with van der Waals surface area (Å²) in [5.74, 6) is -1.40. The van der Waals surface area contributed by atoms with Crippen LogP contribution in [-0.2, 0) is 9.53 Å². The van der Waals surface area contributed by atoms with Gasteiger partial charge in [0.15, 0.2) is 0 Å². The molecule has 5 nitrogen and oxygen atoms in total. The van der Waals surface area contributed by atoms with Crippen LogP contribution in [0.5, 0.6) is 0 Å². The fraction of sp³-hybridized carbons (Fsp3) is 0.529. The van der Waals surface area contributed by atoms with Gasteiger partial charge in [0.25, 0.3) is 0 Å². The van der Waals surface area contributed by atoms with Crippen molar-refractivity contribution in [1.82, 2.24) is 4.90 Å². The third-order valence-electron chi connectivity index (χ3n) is 3.74. The van der Waals surface area contributed by atoms with E-state index < -0.39 is 23.6 Å². The van der Waals surface area contributed by atoms with Crippen LogP contribution in [0.1, 0.15) is 45.2 Å². The van der Waals surface area contributed by atoms with E-state index in [2.05, 4.69) is 0 Å². The van der Waals surface area contributed by atoms with Crippen LogP contribution in [0, 0.1) is 5.92 Å². The molecule has 2 atom stereocenters. The lowest BCUT2D eigenvalue weighted by Crippen LogP contribution is -2.46. The Morgan fingerprint density at radius 1 is 1.18 bits per heavy atom. The fourth-order valence-electron chi connectivity index (χ4n) is 2.72. The lowest BCUT2D eigenvalue weighted by molar-refractivity contribution is -0.144. The van der Waals surface area contributed by atoms with Crippen molar-refractivity contribution in [3.8, 4) is 0 Å². The number of piperidine rings is 1. The van der Waals surface area contributed by atoms with E-state index in [1.165, 1.54) is 0 Å². The number of nitrogens with zero attached hydrogens (tertiary/aromatic N) is 1. The second kappa shape index (κ2) is 6.38. The number of carbonyl (C=O) groups excluding carboxylic acids is 1. The van der Waals surface area contributed by atoms with Gasteiger partial charge in [0, 0.05) is 6.54 Å². The molecule has 1 saturated heterocycles. The van der Waals surface area contributed by atoms with Gasteiger partial charge in [0.05, 0.1) is 12.0 Å². The molecule has 0 saturated carbocycles. The molecule has 0 radical (unpaired) electrons. The van der Waals surface area contributed by atoms with Gasteiger partial charge in [-0.2, -0.15) is 0 Å². The molecule has 0 unspecified atom stereocenters. The summed E-state index contributed by atoms with van der Waals surface area (Å²) in [6.07, 6.45) is 0.737. The zero-order valence-corrected chi connectivity index (χ0v) is 13.3. The zero-order valence-electron chi connectivity index (χ0n) is 13.3. The summed E-state index contributed by atoms with van der Waals surface area (Å²) in [6.45, 7) is 5.60. The number of rotatable bonds is 2. The first kappa shape index (κ1) is 16.3. The molecule has 1 aliphatic heterocycles. The van der Waals surface area contributed by atoms with Gasteiger partial charge in [-0.3, -0.25) is 4.79 Å². The van der Waals surface area contributed by atoms with Crippen molar-refractivity contribution in [3.63, 3.8) is 0 Å². The van der Waals surface area contributed by atoms with Crippen LogP contribution in [0.15, 0.2) is 30.3 Å². The largest absolute Gasteiger partial charge is 0.481 e. The Balaban J connectivity index is 2.24. The highest BCUT2D eigenvalue weighted by Crippen LogP contribution is 2.34. The first-order valence-electron chi connectivity index (χ1n) is 7.55. The number of aliphatic carboxylic acids is 1. The molecule has 120 valence electrons. The summed E-state index contributed by atoms with van der Waals surface area (Å²) in [7, 11) is 0. The van der Waals surface area contributed by atoms with Gasteiger partial charge in [-0.15, -0.1) is 0 Å². The Labute approximate surface area is 130 Å².